The number of hydrogen-bond acceptors (Lipinski definition) is 4. The number of nitrogens with one attached hydrogen (secondary N) is 1. The highest BCUT2D eigenvalue weighted by atomic mass is 16.5. The van der Waals surface area contributed by atoms with Crippen LogP contribution in [-0.2, 0) is 9.53 Å². The Bertz CT molecular complexity index is 282. The molecule has 0 spiro atoms. The molecule has 0 unspecified atom stereocenters. The maximum Gasteiger partial charge on any atom is 0.236 e. The van der Waals surface area contributed by atoms with Crippen LogP contribution in [0.2, 0.25) is 0 Å². The molecule has 5 nitrogen and oxygen atoms in total. The van der Waals surface area contributed by atoms with E-state index in [0.717, 1.165) is 38.8 Å². The molecule has 0 saturated carbocycles. The van der Waals surface area contributed by atoms with E-state index in [0.29, 0.717) is 19.8 Å². The highest BCUT2D eigenvalue weighted by Crippen LogP contribution is 2.20. The molecule has 2 fully saturated rings. The van der Waals surface area contributed by atoms with Crippen LogP contribution in [0.4, 0.5) is 0 Å². The highest BCUT2D eigenvalue weighted by molar-refractivity contribution is 5.78. The van der Waals surface area contributed by atoms with Crippen LogP contribution in [0.15, 0.2) is 0 Å². The Labute approximate surface area is 115 Å². The minimum Gasteiger partial charge on any atom is -0.394 e. The molecular weight excluding hydrogens is 244 g/mol. The van der Waals surface area contributed by atoms with Gasteiger partial charge in [0, 0.05) is 31.8 Å². The van der Waals surface area contributed by atoms with Gasteiger partial charge in [0.25, 0.3) is 0 Å². The second-order valence-corrected chi connectivity index (χ2v) is 5.70. The van der Waals surface area contributed by atoms with Crippen LogP contribution in [0.25, 0.3) is 0 Å². The summed E-state index contributed by atoms with van der Waals surface area (Å²) in [5.41, 5.74) is -0.320. The summed E-state index contributed by atoms with van der Waals surface area (Å²) in [4.78, 5) is 14.2. The van der Waals surface area contributed by atoms with E-state index >= 15 is 0 Å². The van der Waals surface area contributed by atoms with Gasteiger partial charge in [-0.15, -0.1) is 0 Å². The van der Waals surface area contributed by atoms with Crippen LogP contribution in [-0.4, -0.2) is 60.9 Å². The van der Waals surface area contributed by atoms with Crippen molar-refractivity contribution in [3.8, 4) is 0 Å². The predicted molar refractivity (Wildman–Crippen MR) is 72.9 cm³/mol. The number of carbonyl (C=O) groups excluding carboxylic acids is 1. The smallest absolute Gasteiger partial charge is 0.236 e. The van der Waals surface area contributed by atoms with Gasteiger partial charge in [-0.25, -0.2) is 0 Å². The molecule has 0 aliphatic carbocycles. The van der Waals surface area contributed by atoms with Crippen LogP contribution in [0.5, 0.6) is 0 Å². The Hall–Kier alpha value is -0.650. The van der Waals surface area contributed by atoms with Gasteiger partial charge in [0.2, 0.25) is 5.91 Å². The number of hydrogen-bond donors (Lipinski definition) is 2. The molecule has 110 valence electrons. The van der Waals surface area contributed by atoms with Crippen molar-refractivity contribution in [2.45, 2.75) is 44.1 Å². The molecule has 0 aromatic heterocycles. The standard InChI is InChI=1S/C14H26N2O3/c17-12-14(5-9-19-10-6-14)15-11-13(18)16-7-3-1-2-4-8-16/h15,17H,1-12H2. The average molecular weight is 270 g/mol. The van der Waals surface area contributed by atoms with Crippen LogP contribution in [0, 0.1) is 0 Å². The number of likely N-dealkylation sites (tertiary alicyclic amines) is 1. The zero-order valence-electron chi connectivity index (χ0n) is 11.7. The molecule has 0 radical (unpaired) electrons. The van der Waals surface area contributed by atoms with Gasteiger partial charge >= 0.3 is 0 Å². The lowest BCUT2D eigenvalue weighted by Gasteiger charge is -2.37. The Balaban J connectivity index is 1.80. The van der Waals surface area contributed by atoms with Crippen LogP contribution in [0.3, 0.4) is 0 Å². The number of aliphatic hydroxyl groups excluding tert-OH is 1. The quantitative estimate of drug-likeness (QED) is 0.782. The summed E-state index contributed by atoms with van der Waals surface area (Å²) in [6.07, 6.45) is 6.24. The molecular formula is C14H26N2O3. The Morgan fingerprint density at radius 2 is 1.79 bits per heavy atom. The first-order valence-corrected chi connectivity index (χ1v) is 7.47. The van der Waals surface area contributed by atoms with E-state index in [2.05, 4.69) is 5.32 Å². The number of amides is 1. The molecule has 2 N–H and O–H groups in total. The van der Waals surface area contributed by atoms with E-state index < -0.39 is 0 Å². The summed E-state index contributed by atoms with van der Waals surface area (Å²) < 4.78 is 5.32. The molecule has 0 aromatic carbocycles. The zero-order chi connectivity index (χ0) is 13.6. The van der Waals surface area contributed by atoms with E-state index in [1.54, 1.807) is 0 Å². The minimum atomic E-state index is -0.320. The lowest BCUT2D eigenvalue weighted by atomic mass is 9.91. The van der Waals surface area contributed by atoms with Crippen molar-refractivity contribution < 1.29 is 14.6 Å². The first-order chi connectivity index (χ1) is 9.26. The molecule has 0 bridgehead atoms. The summed E-state index contributed by atoms with van der Waals surface area (Å²) in [7, 11) is 0. The minimum absolute atomic E-state index is 0.0731. The Morgan fingerprint density at radius 3 is 2.37 bits per heavy atom. The van der Waals surface area contributed by atoms with Crippen molar-refractivity contribution in [3.63, 3.8) is 0 Å². The van der Waals surface area contributed by atoms with Crippen molar-refractivity contribution in [2.24, 2.45) is 0 Å². The second kappa shape index (κ2) is 7.22. The lowest BCUT2D eigenvalue weighted by molar-refractivity contribution is -0.131. The normalized spacial score (nSPS) is 23.9. The number of aliphatic hydroxyl groups is 1. The SMILES string of the molecule is O=C(CNC1(CO)CCOCC1)N1CCCCCC1. The third kappa shape index (κ3) is 4.16. The molecule has 2 aliphatic rings. The molecule has 2 saturated heterocycles. The van der Waals surface area contributed by atoms with Gasteiger partial charge in [0.05, 0.1) is 13.2 Å². The predicted octanol–water partition coefficient (Wildman–Crippen LogP) is 0.520. The summed E-state index contributed by atoms with van der Waals surface area (Å²) in [6, 6.07) is 0. The van der Waals surface area contributed by atoms with Gasteiger partial charge in [-0.1, -0.05) is 12.8 Å². The van der Waals surface area contributed by atoms with Gasteiger partial charge in [-0.2, -0.15) is 0 Å². The fourth-order valence-electron chi connectivity index (χ4n) is 2.85. The fraction of sp³-hybridized carbons (Fsp3) is 0.929. The monoisotopic (exact) mass is 270 g/mol. The Morgan fingerprint density at radius 1 is 1.16 bits per heavy atom. The van der Waals surface area contributed by atoms with Crippen LogP contribution < -0.4 is 5.32 Å². The summed E-state index contributed by atoms with van der Waals surface area (Å²) in [5.74, 6) is 0.168. The molecule has 2 heterocycles. The summed E-state index contributed by atoms with van der Waals surface area (Å²) in [6.45, 7) is 3.49. The number of carbonyl (C=O) groups is 1. The maximum absolute atomic E-state index is 12.2. The molecule has 1 amide bonds. The van der Waals surface area contributed by atoms with E-state index in [9.17, 15) is 9.90 Å². The topological polar surface area (TPSA) is 61.8 Å². The number of rotatable bonds is 4. The van der Waals surface area contributed by atoms with Crippen molar-refractivity contribution in [1.82, 2.24) is 10.2 Å². The summed E-state index contributed by atoms with van der Waals surface area (Å²) in [5, 5.41) is 12.8. The third-order valence-electron chi connectivity index (χ3n) is 4.33. The molecule has 5 heteroatoms. The Kier molecular flexibility index (Phi) is 5.60. The fourth-order valence-corrected chi connectivity index (χ4v) is 2.85. The van der Waals surface area contributed by atoms with Gasteiger partial charge in [-0.05, 0) is 25.7 Å². The van der Waals surface area contributed by atoms with Crippen LogP contribution in [0.1, 0.15) is 38.5 Å². The number of nitrogens with zero attached hydrogens (tertiary/aromatic N) is 1. The molecule has 0 atom stereocenters. The molecule has 0 aromatic rings. The summed E-state index contributed by atoms with van der Waals surface area (Å²) >= 11 is 0. The number of ether oxygens (including phenoxy) is 1. The van der Waals surface area contributed by atoms with E-state index in [-0.39, 0.29) is 18.1 Å². The zero-order valence-corrected chi connectivity index (χ0v) is 11.7. The maximum atomic E-state index is 12.2. The lowest BCUT2D eigenvalue weighted by Crippen LogP contribution is -2.55. The van der Waals surface area contributed by atoms with Gasteiger partial charge in [0.1, 0.15) is 0 Å². The first-order valence-electron chi connectivity index (χ1n) is 7.47. The van der Waals surface area contributed by atoms with Gasteiger partial charge < -0.3 is 20.1 Å². The van der Waals surface area contributed by atoms with Gasteiger partial charge in [0.15, 0.2) is 0 Å². The van der Waals surface area contributed by atoms with E-state index in [1.807, 2.05) is 4.90 Å². The van der Waals surface area contributed by atoms with E-state index in [1.165, 1.54) is 12.8 Å². The van der Waals surface area contributed by atoms with Crippen molar-refractivity contribution in [1.29, 1.82) is 0 Å². The van der Waals surface area contributed by atoms with Crippen molar-refractivity contribution >= 4 is 5.91 Å². The third-order valence-corrected chi connectivity index (χ3v) is 4.33. The van der Waals surface area contributed by atoms with Crippen LogP contribution >= 0.6 is 0 Å². The largest absolute Gasteiger partial charge is 0.394 e. The highest BCUT2D eigenvalue weighted by Gasteiger charge is 2.32. The van der Waals surface area contributed by atoms with Crippen molar-refractivity contribution in [3.05, 3.63) is 0 Å². The van der Waals surface area contributed by atoms with E-state index in [4.69, 9.17) is 4.74 Å². The molecule has 2 rings (SSSR count). The molecule has 19 heavy (non-hydrogen) atoms. The average Bonchev–Trinajstić information content (AvgIpc) is 2.75. The van der Waals surface area contributed by atoms with Crippen molar-refractivity contribution in [2.75, 3.05) is 39.5 Å². The second-order valence-electron chi connectivity index (χ2n) is 5.70. The van der Waals surface area contributed by atoms with Gasteiger partial charge in [-0.3, -0.25) is 4.79 Å². The first kappa shape index (κ1) is 14.8. The molecule has 2 aliphatic heterocycles.